The van der Waals surface area contributed by atoms with E-state index in [4.69, 9.17) is 15.2 Å². The van der Waals surface area contributed by atoms with E-state index in [0.717, 1.165) is 17.9 Å². The third-order valence-electron chi connectivity index (χ3n) is 3.08. The van der Waals surface area contributed by atoms with Crippen molar-refractivity contribution in [3.05, 3.63) is 54.1 Å². The van der Waals surface area contributed by atoms with Gasteiger partial charge in [-0.1, -0.05) is 36.4 Å². The van der Waals surface area contributed by atoms with E-state index in [1.807, 2.05) is 19.1 Å². The first-order chi connectivity index (χ1) is 9.83. The summed E-state index contributed by atoms with van der Waals surface area (Å²) in [5.41, 5.74) is 9.10. The van der Waals surface area contributed by atoms with Gasteiger partial charge >= 0.3 is 0 Å². The molecule has 3 heteroatoms. The second-order valence-corrected chi connectivity index (χ2v) is 4.47. The molecule has 0 aliphatic heterocycles. The van der Waals surface area contributed by atoms with Crippen LogP contribution in [0.4, 0.5) is 0 Å². The van der Waals surface area contributed by atoms with Crippen LogP contribution >= 0.6 is 0 Å². The van der Waals surface area contributed by atoms with Crippen LogP contribution in [0.1, 0.15) is 12.5 Å². The fourth-order valence-corrected chi connectivity index (χ4v) is 1.94. The Balaban J connectivity index is 1.96. The highest BCUT2D eigenvalue weighted by Crippen LogP contribution is 2.22. The largest absolute Gasteiger partial charge is 0.491 e. The lowest BCUT2D eigenvalue weighted by molar-refractivity contribution is 0.110. The minimum Gasteiger partial charge on any atom is -0.491 e. The molecule has 0 spiro atoms. The van der Waals surface area contributed by atoms with Crippen molar-refractivity contribution >= 4 is 0 Å². The Kier molecular flexibility index (Phi) is 5.59. The number of ether oxygens (including phenoxy) is 2. The molecule has 2 rings (SSSR count). The molecule has 0 fully saturated rings. The van der Waals surface area contributed by atoms with Gasteiger partial charge in [-0.15, -0.1) is 0 Å². The predicted octanol–water partition coefficient (Wildman–Crippen LogP) is 3.23. The van der Waals surface area contributed by atoms with Gasteiger partial charge in [0.15, 0.2) is 0 Å². The summed E-state index contributed by atoms with van der Waals surface area (Å²) in [6.45, 7) is 4.48. The molecular formula is C17H21NO2. The first kappa shape index (κ1) is 14.6. The van der Waals surface area contributed by atoms with Gasteiger partial charge in [0.25, 0.3) is 0 Å². The SMILES string of the molecule is CCOCCOc1ccc(-c2ccc(CN)cc2)cc1. The van der Waals surface area contributed by atoms with Crippen molar-refractivity contribution < 1.29 is 9.47 Å². The van der Waals surface area contributed by atoms with Crippen molar-refractivity contribution in [3.63, 3.8) is 0 Å². The summed E-state index contributed by atoms with van der Waals surface area (Å²) < 4.78 is 10.8. The summed E-state index contributed by atoms with van der Waals surface area (Å²) in [6.07, 6.45) is 0. The highest BCUT2D eigenvalue weighted by Gasteiger charge is 1.99. The maximum Gasteiger partial charge on any atom is 0.119 e. The number of hydrogen-bond donors (Lipinski definition) is 1. The fraction of sp³-hybridized carbons (Fsp3) is 0.294. The van der Waals surface area contributed by atoms with E-state index in [2.05, 4.69) is 36.4 Å². The predicted molar refractivity (Wildman–Crippen MR) is 81.8 cm³/mol. The zero-order valence-electron chi connectivity index (χ0n) is 11.8. The zero-order chi connectivity index (χ0) is 14.2. The highest BCUT2D eigenvalue weighted by atomic mass is 16.5. The summed E-state index contributed by atoms with van der Waals surface area (Å²) in [6, 6.07) is 16.4. The summed E-state index contributed by atoms with van der Waals surface area (Å²) >= 11 is 0. The van der Waals surface area contributed by atoms with Gasteiger partial charge < -0.3 is 15.2 Å². The van der Waals surface area contributed by atoms with Crippen molar-refractivity contribution in [2.75, 3.05) is 19.8 Å². The summed E-state index contributed by atoms with van der Waals surface area (Å²) in [5.74, 6) is 0.868. The lowest BCUT2D eigenvalue weighted by Crippen LogP contribution is -2.06. The van der Waals surface area contributed by atoms with Gasteiger partial charge in [-0.05, 0) is 35.7 Å². The molecule has 0 atom stereocenters. The van der Waals surface area contributed by atoms with Crippen molar-refractivity contribution in [2.45, 2.75) is 13.5 Å². The van der Waals surface area contributed by atoms with E-state index < -0.39 is 0 Å². The minimum atomic E-state index is 0.576. The Morgan fingerprint density at radius 3 is 2.00 bits per heavy atom. The van der Waals surface area contributed by atoms with Crippen LogP contribution in [0.5, 0.6) is 5.75 Å². The second-order valence-electron chi connectivity index (χ2n) is 4.47. The van der Waals surface area contributed by atoms with Crippen LogP contribution in [0.3, 0.4) is 0 Å². The molecule has 0 aliphatic carbocycles. The van der Waals surface area contributed by atoms with Crippen LogP contribution in [0, 0.1) is 0 Å². The normalized spacial score (nSPS) is 10.5. The smallest absolute Gasteiger partial charge is 0.119 e. The molecule has 0 bridgehead atoms. The second kappa shape index (κ2) is 7.68. The van der Waals surface area contributed by atoms with Gasteiger partial charge in [-0.3, -0.25) is 0 Å². The molecule has 0 aliphatic rings. The molecule has 20 heavy (non-hydrogen) atoms. The van der Waals surface area contributed by atoms with Crippen LogP contribution in [-0.4, -0.2) is 19.8 Å². The Morgan fingerprint density at radius 2 is 1.45 bits per heavy atom. The molecule has 0 amide bonds. The number of nitrogens with two attached hydrogens (primary N) is 1. The number of rotatable bonds is 7. The Labute approximate surface area is 120 Å². The summed E-state index contributed by atoms with van der Waals surface area (Å²) in [7, 11) is 0. The van der Waals surface area contributed by atoms with E-state index in [-0.39, 0.29) is 0 Å². The molecule has 0 saturated carbocycles. The van der Waals surface area contributed by atoms with Gasteiger partial charge in [-0.2, -0.15) is 0 Å². The van der Waals surface area contributed by atoms with E-state index in [1.165, 1.54) is 11.1 Å². The van der Waals surface area contributed by atoms with Crippen molar-refractivity contribution in [1.29, 1.82) is 0 Å². The lowest BCUT2D eigenvalue weighted by Gasteiger charge is -2.08. The Hall–Kier alpha value is -1.84. The van der Waals surface area contributed by atoms with Gasteiger partial charge in [0.05, 0.1) is 6.61 Å². The van der Waals surface area contributed by atoms with Crippen molar-refractivity contribution in [2.24, 2.45) is 5.73 Å². The van der Waals surface area contributed by atoms with Crippen LogP contribution in [0.15, 0.2) is 48.5 Å². The van der Waals surface area contributed by atoms with Crippen LogP contribution in [0.2, 0.25) is 0 Å². The van der Waals surface area contributed by atoms with Gasteiger partial charge in [0.2, 0.25) is 0 Å². The molecule has 0 radical (unpaired) electrons. The maximum atomic E-state index is 5.60. The molecule has 2 N–H and O–H groups in total. The molecule has 2 aromatic carbocycles. The van der Waals surface area contributed by atoms with E-state index in [1.54, 1.807) is 0 Å². The molecule has 0 unspecified atom stereocenters. The molecule has 2 aromatic rings. The molecule has 106 valence electrons. The monoisotopic (exact) mass is 271 g/mol. The third-order valence-corrected chi connectivity index (χ3v) is 3.08. The average molecular weight is 271 g/mol. The molecule has 0 aromatic heterocycles. The van der Waals surface area contributed by atoms with E-state index in [9.17, 15) is 0 Å². The lowest BCUT2D eigenvalue weighted by atomic mass is 10.0. The van der Waals surface area contributed by atoms with Crippen molar-refractivity contribution in [1.82, 2.24) is 0 Å². The van der Waals surface area contributed by atoms with Crippen LogP contribution in [-0.2, 0) is 11.3 Å². The average Bonchev–Trinajstić information content (AvgIpc) is 2.52. The first-order valence-corrected chi connectivity index (χ1v) is 6.93. The topological polar surface area (TPSA) is 44.5 Å². The Morgan fingerprint density at radius 1 is 0.850 bits per heavy atom. The van der Waals surface area contributed by atoms with E-state index in [0.29, 0.717) is 19.8 Å². The summed E-state index contributed by atoms with van der Waals surface area (Å²) in [4.78, 5) is 0. The first-order valence-electron chi connectivity index (χ1n) is 6.93. The quantitative estimate of drug-likeness (QED) is 0.786. The molecule has 3 nitrogen and oxygen atoms in total. The standard InChI is InChI=1S/C17H21NO2/c1-2-19-11-12-20-17-9-7-16(8-10-17)15-5-3-14(13-18)4-6-15/h3-10H,2,11-13,18H2,1H3. The summed E-state index contributed by atoms with van der Waals surface area (Å²) in [5, 5.41) is 0. The van der Waals surface area contributed by atoms with Crippen LogP contribution in [0.25, 0.3) is 11.1 Å². The van der Waals surface area contributed by atoms with Crippen molar-refractivity contribution in [3.8, 4) is 16.9 Å². The highest BCUT2D eigenvalue weighted by molar-refractivity contribution is 5.64. The molecule has 0 saturated heterocycles. The number of hydrogen-bond acceptors (Lipinski definition) is 3. The Bertz CT molecular complexity index is 506. The fourth-order valence-electron chi connectivity index (χ4n) is 1.94. The zero-order valence-corrected chi connectivity index (χ0v) is 11.8. The number of benzene rings is 2. The molecule has 0 heterocycles. The third kappa shape index (κ3) is 4.08. The van der Waals surface area contributed by atoms with Gasteiger partial charge in [0.1, 0.15) is 12.4 Å². The van der Waals surface area contributed by atoms with E-state index >= 15 is 0 Å². The molecular weight excluding hydrogens is 250 g/mol. The van der Waals surface area contributed by atoms with Gasteiger partial charge in [-0.25, -0.2) is 0 Å². The maximum absolute atomic E-state index is 5.60. The van der Waals surface area contributed by atoms with Crippen LogP contribution < -0.4 is 10.5 Å². The minimum absolute atomic E-state index is 0.576. The van der Waals surface area contributed by atoms with Gasteiger partial charge in [0, 0.05) is 13.2 Å².